The van der Waals surface area contributed by atoms with Crippen molar-refractivity contribution in [1.82, 2.24) is 10.6 Å². The number of nitrogens with zero attached hydrogens (tertiary/aromatic N) is 1. The third-order valence-corrected chi connectivity index (χ3v) is 3.67. The molecule has 0 spiro atoms. The van der Waals surface area contributed by atoms with Gasteiger partial charge in [0.15, 0.2) is 5.96 Å². The van der Waals surface area contributed by atoms with Gasteiger partial charge in [0.2, 0.25) is 0 Å². The predicted octanol–water partition coefficient (Wildman–Crippen LogP) is 2.00. The van der Waals surface area contributed by atoms with E-state index in [9.17, 15) is 4.39 Å². The van der Waals surface area contributed by atoms with Crippen molar-refractivity contribution >= 4 is 17.7 Å². The molecule has 2 N–H and O–H groups in total. The number of halogens is 1. The Bertz CT molecular complexity index is 422. The summed E-state index contributed by atoms with van der Waals surface area (Å²) in [4.78, 5) is 4.31. The van der Waals surface area contributed by atoms with E-state index < -0.39 is 0 Å². The van der Waals surface area contributed by atoms with E-state index in [1.54, 1.807) is 17.8 Å². The van der Waals surface area contributed by atoms with Gasteiger partial charge in [-0.3, -0.25) is 4.99 Å². The first-order valence-electron chi connectivity index (χ1n) is 6.11. The smallest absolute Gasteiger partial charge is 0.191 e. The summed E-state index contributed by atoms with van der Waals surface area (Å²) in [6.07, 6.45) is 0. The van der Waals surface area contributed by atoms with E-state index in [1.807, 2.05) is 12.1 Å². The zero-order chi connectivity index (χ0) is 12.8. The van der Waals surface area contributed by atoms with Gasteiger partial charge in [-0.2, -0.15) is 11.8 Å². The topological polar surface area (TPSA) is 36.4 Å². The molecular formula is C13H18FN3S. The Hall–Kier alpha value is -1.23. The monoisotopic (exact) mass is 267 g/mol. The van der Waals surface area contributed by atoms with Gasteiger partial charge in [0.1, 0.15) is 5.82 Å². The molecule has 0 aliphatic carbocycles. The van der Waals surface area contributed by atoms with Gasteiger partial charge in [-0.05, 0) is 18.6 Å². The van der Waals surface area contributed by atoms with Crippen LogP contribution in [0.5, 0.6) is 0 Å². The largest absolute Gasteiger partial charge is 0.356 e. The van der Waals surface area contributed by atoms with Gasteiger partial charge < -0.3 is 10.6 Å². The molecule has 2 rings (SSSR count). The lowest BCUT2D eigenvalue weighted by atomic mass is 10.2. The second kappa shape index (κ2) is 6.64. The normalized spacial score (nSPS) is 18.3. The summed E-state index contributed by atoms with van der Waals surface area (Å²) in [5.74, 6) is 2.41. The number of aliphatic imine (C=N–C) groups is 1. The molecule has 0 aromatic heterocycles. The van der Waals surface area contributed by atoms with Crippen molar-refractivity contribution in [2.45, 2.75) is 18.7 Å². The van der Waals surface area contributed by atoms with Crippen LogP contribution in [-0.2, 0) is 5.75 Å². The first kappa shape index (κ1) is 13.2. The Balaban J connectivity index is 1.61. The van der Waals surface area contributed by atoms with Crippen molar-refractivity contribution in [3.8, 4) is 0 Å². The molecule has 0 amide bonds. The fourth-order valence-electron chi connectivity index (χ4n) is 1.70. The van der Waals surface area contributed by atoms with Crippen molar-refractivity contribution in [3.63, 3.8) is 0 Å². The minimum atomic E-state index is -0.117. The van der Waals surface area contributed by atoms with E-state index in [-0.39, 0.29) is 5.82 Å². The summed E-state index contributed by atoms with van der Waals surface area (Å²) in [6.45, 7) is 3.79. The molecule has 18 heavy (non-hydrogen) atoms. The van der Waals surface area contributed by atoms with Gasteiger partial charge in [-0.25, -0.2) is 4.39 Å². The Morgan fingerprint density at radius 2 is 2.33 bits per heavy atom. The quantitative estimate of drug-likeness (QED) is 0.801. The van der Waals surface area contributed by atoms with Crippen LogP contribution in [0, 0.1) is 5.82 Å². The number of hydrogen-bond donors (Lipinski definition) is 2. The zero-order valence-corrected chi connectivity index (χ0v) is 11.3. The van der Waals surface area contributed by atoms with Gasteiger partial charge in [0.25, 0.3) is 0 Å². The Kier molecular flexibility index (Phi) is 4.87. The van der Waals surface area contributed by atoms with Gasteiger partial charge in [0, 0.05) is 24.1 Å². The Morgan fingerprint density at radius 1 is 1.50 bits per heavy atom. The van der Waals surface area contributed by atoms with Crippen LogP contribution in [0.25, 0.3) is 0 Å². The molecule has 1 aliphatic rings. The molecule has 1 aromatic carbocycles. The highest BCUT2D eigenvalue weighted by atomic mass is 32.2. The molecule has 0 saturated carbocycles. The van der Waals surface area contributed by atoms with E-state index in [0.717, 1.165) is 30.4 Å². The number of guanidine groups is 1. The number of rotatable bonds is 5. The predicted molar refractivity (Wildman–Crippen MR) is 75.5 cm³/mol. The molecule has 0 saturated heterocycles. The van der Waals surface area contributed by atoms with Crippen LogP contribution in [0.1, 0.15) is 12.5 Å². The maximum atomic E-state index is 13.3. The van der Waals surface area contributed by atoms with Gasteiger partial charge in [-0.15, -0.1) is 0 Å². The third-order valence-electron chi connectivity index (χ3n) is 2.66. The van der Waals surface area contributed by atoms with Gasteiger partial charge in [-0.1, -0.05) is 18.2 Å². The Labute approximate surface area is 111 Å². The fourth-order valence-corrected chi connectivity index (χ4v) is 2.54. The molecule has 0 radical (unpaired) electrons. The van der Waals surface area contributed by atoms with E-state index >= 15 is 0 Å². The molecule has 0 bridgehead atoms. The van der Waals surface area contributed by atoms with E-state index in [1.165, 1.54) is 6.07 Å². The van der Waals surface area contributed by atoms with Crippen LogP contribution in [-0.4, -0.2) is 30.8 Å². The molecule has 1 unspecified atom stereocenters. The van der Waals surface area contributed by atoms with Crippen molar-refractivity contribution < 1.29 is 4.39 Å². The minimum Gasteiger partial charge on any atom is -0.356 e. The van der Waals surface area contributed by atoms with Crippen LogP contribution in [0.15, 0.2) is 29.3 Å². The van der Waals surface area contributed by atoms with Crippen molar-refractivity contribution in [1.29, 1.82) is 0 Å². The molecule has 1 aromatic rings. The molecule has 5 heteroatoms. The Morgan fingerprint density at radius 3 is 3.06 bits per heavy atom. The summed E-state index contributed by atoms with van der Waals surface area (Å²) < 4.78 is 13.3. The van der Waals surface area contributed by atoms with Crippen LogP contribution < -0.4 is 10.6 Å². The van der Waals surface area contributed by atoms with Gasteiger partial charge >= 0.3 is 0 Å². The summed E-state index contributed by atoms with van der Waals surface area (Å²) in [5, 5.41) is 6.48. The second-order valence-electron chi connectivity index (χ2n) is 4.31. The molecule has 1 aliphatic heterocycles. The summed E-state index contributed by atoms with van der Waals surface area (Å²) in [5.41, 5.74) is 0.771. The van der Waals surface area contributed by atoms with Crippen molar-refractivity contribution in [3.05, 3.63) is 35.6 Å². The van der Waals surface area contributed by atoms with E-state index in [0.29, 0.717) is 11.8 Å². The van der Waals surface area contributed by atoms with Crippen LogP contribution in [0.4, 0.5) is 4.39 Å². The lowest BCUT2D eigenvalue weighted by Crippen LogP contribution is -2.38. The fraction of sp³-hybridized carbons (Fsp3) is 0.462. The lowest BCUT2D eigenvalue weighted by molar-refractivity contribution is 0.617. The summed E-state index contributed by atoms with van der Waals surface area (Å²) in [6, 6.07) is 7.36. The summed E-state index contributed by atoms with van der Waals surface area (Å²) >= 11 is 1.72. The highest BCUT2D eigenvalue weighted by Gasteiger charge is 2.10. The highest BCUT2D eigenvalue weighted by Crippen LogP contribution is 2.14. The van der Waals surface area contributed by atoms with Crippen LogP contribution >= 0.6 is 11.8 Å². The number of thioether (sulfide) groups is 1. The van der Waals surface area contributed by atoms with Crippen LogP contribution in [0.3, 0.4) is 0 Å². The number of hydrogen-bond acceptors (Lipinski definition) is 4. The maximum absolute atomic E-state index is 13.3. The van der Waals surface area contributed by atoms with Crippen molar-refractivity contribution in [2.75, 3.05) is 18.8 Å². The first-order valence-corrected chi connectivity index (χ1v) is 7.27. The average Bonchev–Trinajstić information content (AvgIpc) is 2.77. The zero-order valence-electron chi connectivity index (χ0n) is 10.4. The maximum Gasteiger partial charge on any atom is 0.191 e. The molecule has 1 heterocycles. The molecule has 98 valence electrons. The van der Waals surface area contributed by atoms with E-state index in [4.69, 9.17) is 0 Å². The van der Waals surface area contributed by atoms with Crippen LogP contribution in [0.2, 0.25) is 0 Å². The molecular weight excluding hydrogens is 249 g/mol. The highest BCUT2D eigenvalue weighted by molar-refractivity contribution is 7.98. The van der Waals surface area contributed by atoms with Gasteiger partial charge in [0.05, 0.1) is 6.54 Å². The summed E-state index contributed by atoms with van der Waals surface area (Å²) in [7, 11) is 0. The molecule has 0 fully saturated rings. The molecule has 1 atom stereocenters. The van der Waals surface area contributed by atoms with Crippen molar-refractivity contribution in [2.24, 2.45) is 4.99 Å². The number of nitrogens with one attached hydrogen (secondary N) is 2. The molecule has 3 nitrogen and oxygen atoms in total. The number of benzene rings is 1. The SMILES string of the molecule is CC1CN=C(NCCSCc2ccccc2F)N1. The van der Waals surface area contributed by atoms with E-state index in [2.05, 4.69) is 22.5 Å². The first-order chi connectivity index (χ1) is 8.75. The lowest BCUT2D eigenvalue weighted by Gasteiger charge is -2.08. The third kappa shape index (κ3) is 3.91. The minimum absolute atomic E-state index is 0.117. The standard InChI is InChI=1S/C13H18FN3S/c1-10-8-16-13(17-10)15-6-7-18-9-11-4-2-3-5-12(11)14/h2-5,10H,6-9H2,1H3,(H2,15,16,17). The average molecular weight is 267 g/mol. The second-order valence-corrected chi connectivity index (χ2v) is 5.41.